The predicted molar refractivity (Wildman–Crippen MR) is 67.5 cm³/mol. The highest BCUT2D eigenvalue weighted by atomic mass is 19.1. The van der Waals surface area contributed by atoms with E-state index in [-0.39, 0.29) is 23.3 Å². The second-order valence-corrected chi connectivity index (χ2v) is 4.60. The van der Waals surface area contributed by atoms with E-state index in [2.05, 4.69) is 0 Å². The Balaban J connectivity index is 3.11. The van der Waals surface area contributed by atoms with Crippen molar-refractivity contribution in [2.45, 2.75) is 39.9 Å². The molecule has 0 heterocycles. The minimum absolute atomic E-state index is 0.000694. The third-order valence-electron chi connectivity index (χ3n) is 2.11. The van der Waals surface area contributed by atoms with E-state index in [4.69, 9.17) is 9.47 Å². The molecule has 4 nitrogen and oxygen atoms in total. The Labute approximate surface area is 111 Å². The van der Waals surface area contributed by atoms with E-state index in [1.54, 1.807) is 27.7 Å². The third kappa shape index (κ3) is 4.35. The molecule has 0 amide bonds. The van der Waals surface area contributed by atoms with E-state index in [1.165, 1.54) is 6.07 Å². The lowest BCUT2D eigenvalue weighted by atomic mass is 10.1. The highest BCUT2D eigenvalue weighted by Crippen LogP contribution is 2.16. The first-order chi connectivity index (χ1) is 8.81. The summed E-state index contributed by atoms with van der Waals surface area (Å²) >= 11 is 0. The van der Waals surface area contributed by atoms with E-state index in [0.29, 0.717) is 0 Å². The normalized spacial score (nSPS) is 10.7. The Hall–Kier alpha value is -1.91. The van der Waals surface area contributed by atoms with E-state index in [0.717, 1.165) is 12.1 Å². The van der Waals surface area contributed by atoms with Crippen LogP contribution in [0.25, 0.3) is 0 Å². The molecule has 0 aliphatic rings. The molecular weight excluding hydrogens is 251 g/mol. The molecule has 0 N–H and O–H groups in total. The van der Waals surface area contributed by atoms with Gasteiger partial charge in [-0.15, -0.1) is 0 Å². The summed E-state index contributed by atoms with van der Waals surface area (Å²) in [6, 6.07) is 3.29. The molecule has 1 aromatic rings. The van der Waals surface area contributed by atoms with Crippen molar-refractivity contribution in [3.8, 4) is 0 Å². The maximum absolute atomic E-state index is 13.2. The van der Waals surface area contributed by atoms with Gasteiger partial charge < -0.3 is 9.47 Å². The lowest BCUT2D eigenvalue weighted by molar-refractivity contribution is 0.0327. The van der Waals surface area contributed by atoms with E-state index < -0.39 is 17.8 Å². The van der Waals surface area contributed by atoms with Gasteiger partial charge in [0, 0.05) is 0 Å². The van der Waals surface area contributed by atoms with Crippen molar-refractivity contribution >= 4 is 11.9 Å². The third-order valence-corrected chi connectivity index (χ3v) is 2.11. The Morgan fingerprint density at radius 1 is 0.947 bits per heavy atom. The average molecular weight is 268 g/mol. The van der Waals surface area contributed by atoms with Gasteiger partial charge >= 0.3 is 11.9 Å². The Kier molecular flexibility index (Phi) is 5.03. The van der Waals surface area contributed by atoms with Crippen molar-refractivity contribution < 1.29 is 23.5 Å². The van der Waals surface area contributed by atoms with Crippen molar-refractivity contribution in [3.05, 3.63) is 35.1 Å². The molecule has 19 heavy (non-hydrogen) atoms. The standard InChI is InChI=1S/C14H17FO4/c1-8(2)18-13(16)11-6-5-10(15)7-12(11)14(17)19-9(3)4/h5-9H,1-4H3. The number of carbonyl (C=O) groups is 2. The van der Waals surface area contributed by atoms with Crippen molar-refractivity contribution in [1.29, 1.82) is 0 Å². The minimum atomic E-state index is -0.745. The SMILES string of the molecule is CC(C)OC(=O)c1ccc(F)cc1C(=O)OC(C)C. The number of benzene rings is 1. The van der Waals surface area contributed by atoms with Gasteiger partial charge in [0.05, 0.1) is 23.3 Å². The number of hydrogen-bond donors (Lipinski definition) is 0. The van der Waals surface area contributed by atoms with E-state index >= 15 is 0 Å². The molecule has 0 atom stereocenters. The van der Waals surface area contributed by atoms with Crippen molar-refractivity contribution in [1.82, 2.24) is 0 Å². The molecule has 0 radical (unpaired) electrons. The van der Waals surface area contributed by atoms with Crippen LogP contribution in [-0.2, 0) is 9.47 Å². The minimum Gasteiger partial charge on any atom is -0.459 e. The molecule has 104 valence electrons. The van der Waals surface area contributed by atoms with Gasteiger partial charge in [0.1, 0.15) is 5.82 Å². The number of carbonyl (C=O) groups excluding carboxylic acids is 2. The van der Waals surface area contributed by atoms with Gasteiger partial charge in [0.2, 0.25) is 0 Å². The van der Waals surface area contributed by atoms with E-state index in [1.807, 2.05) is 0 Å². The van der Waals surface area contributed by atoms with Crippen molar-refractivity contribution in [3.63, 3.8) is 0 Å². The Morgan fingerprint density at radius 3 is 1.89 bits per heavy atom. The number of halogens is 1. The van der Waals surface area contributed by atoms with Crippen molar-refractivity contribution in [2.24, 2.45) is 0 Å². The van der Waals surface area contributed by atoms with Crippen LogP contribution in [0.4, 0.5) is 4.39 Å². The second kappa shape index (κ2) is 6.31. The Morgan fingerprint density at radius 2 is 1.42 bits per heavy atom. The first kappa shape index (κ1) is 15.1. The molecule has 0 spiro atoms. The molecule has 0 aliphatic carbocycles. The predicted octanol–water partition coefficient (Wildman–Crippen LogP) is 2.96. The maximum Gasteiger partial charge on any atom is 0.339 e. The molecule has 0 fully saturated rings. The molecule has 0 aliphatic heterocycles. The zero-order valence-corrected chi connectivity index (χ0v) is 11.4. The first-order valence-corrected chi connectivity index (χ1v) is 6.02. The van der Waals surface area contributed by atoms with Crippen LogP contribution in [0.3, 0.4) is 0 Å². The smallest absolute Gasteiger partial charge is 0.339 e. The van der Waals surface area contributed by atoms with Crippen LogP contribution in [0.1, 0.15) is 48.4 Å². The van der Waals surface area contributed by atoms with Crippen LogP contribution in [0, 0.1) is 5.82 Å². The summed E-state index contributed by atoms with van der Waals surface area (Å²) in [5.41, 5.74) is -0.125. The molecule has 0 bridgehead atoms. The molecule has 1 rings (SSSR count). The lowest BCUT2D eigenvalue weighted by Gasteiger charge is -2.13. The molecule has 0 saturated carbocycles. The lowest BCUT2D eigenvalue weighted by Crippen LogP contribution is -2.19. The monoisotopic (exact) mass is 268 g/mol. The Bertz CT molecular complexity index is 480. The number of hydrogen-bond acceptors (Lipinski definition) is 4. The molecule has 5 heteroatoms. The summed E-state index contributed by atoms with van der Waals surface area (Å²) in [6.45, 7) is 6.72. The molecule has 0 aromatic heterocycles. The quantitative estimate of drug-likeness (QED) is 0.788. The summed E-state index contributed by atoms with van der Waals surface area (Å²) in [7, 11) is 0. The number of esters is 2. The van der Waals surface area contributed by atoms with Gasteiger partial charge in [-0.05, 0) is 45.9 Å². The van der Waals surface area contributed by atoms with Crippen LogP contribution in [0.15, 0.2) is 18.2 Å². The fourth-order valence-electron chi connectivity index (χ4n) is 1.42. The first-order valence-electron chi connectivity index (χ1n) is 6.02. The molecule has 1 aromatic carbocycles. The fraction of sp³-hybridized carbons (Fsp3) is 0.429. The van der Waals surface area contributed by atoms with Crippen molar-refractivity contribution in [2.75, 3.05) is 0 Å². The van der Waals surface area contributed by atoms with Gasteiger partial charge in [-0.25, -0.2) is 14.0 Å². The van der Waals surface area contributed by atoms with Crippen LogP contribution in [0.2, 0.25) is 0 Å². The summed E-state index contributed by atoms with van der Waals surface area (Å²) in [4.78, 5) is 23.6. The van der Waals surface area contributed by atoms with Crippen LogP contribution >= 0.6 is 0 Å². The van der Waals surface area contributed by atoms with Crippen LogP contribution in [-0.4, -0.2) is 24.1 Å². The zero-order chi connectivity index (χ0) is 14.6. The van der Waals surface area contributed by atoms with Gasteiger partial charge in [-0.1, -0.05) is 0 Å². The summed E-state index contributed by atoms with van der Waals surface area (Å²) < 4.78 is 23.2. The topological polar surface area (TPSA) is 52.6 Å². The second-order valence-electron chi connectivity index (χ2n) is 4.60. The van der Waals surface area contributed by atoms with Gasteiger partial charge in [-0.3, -0.25) is 0 Å². The summed E-state index contributed by atoms with van der Waals surface area (Å²) in [6.07, 6.45) is -0.684. The van der Waals surface area contributed by atoms with Gasteiger partial charge in [-0.2, -0.15) is 0 Å². The molecular formula is C14H17FO4. The molecule has 0 saturated heterocycles. The van der Waals surface area contributed by atoms with Crippen LogP contribution in [0.5, 0.6) is 0 Å². The highest BCUT2D eigenvalue weighted by Gasteiger charge is 2.21. The van der Waals surface area contributed by atoms with Crippen LogP contribution < -0.4 is 0 Å². The number of ether oxygens (including phenoxy) is 2. The number of rotatable bonds is 4. The summed E-state index contributed by atoms with van der Waals surface area (Å²) in [5, 5.41) is 0. The van der Waals surface area contributed by atoms with E-state index in [9.17, 15) is 14.0 Å². The largest absolute Gasteiger partial charge is 0.459 e. The average Bonchev–Trinajstić information content (AvgIpc) is 2.26. The van der Waals surface area contributed by atoms with Gasteiger partial charge in [0.25, 0.3) is 0 Å². The fourth-order valence-corrected chi connectivity index (χ4v) is 1.42. The maximum atomic E-state index is 13.2. The van der Waals surface area contributed by atoms with Gasteiger partial charge in [0.15, 0.2) is 0 Å². The molecule has 0 unspecified atom stereocenters. The summed E-state index contributed by atoms with van der Waals surface area (Å²) in [5.74, 6) is -2.03. The zero-order valence-electron chi connectivity index (χ0n) is 11.4. The highest BCUT2D eigenvalue weighted by molar-refractivity contribution is 6.03.